The lowest BCUT2D eigenvalue weighted by atomic mass is 10.1. The number of para-hydroxylation sites is 1. The molecule has 2 N–H and O–H groups in total. The maximum Gasteiger partial charge on any atom is 0.319 e. The van der Waals surface area contributed by atoms with E-state index in [1.807, 2.05) is 24.3 Å². The summed E-state index contributed by atoms with van der Waals surface area (Å²) in [6, 6.07) is 14.7. The van der Waals surface area contributed by atoms with E-state index in [9.17, 15) is 14.4 Å². The molecule has 28 heavy (non-hydrogen) atoms. The second-order valence-corrected chi connectivity index (χ2v) is 6.96. The summed E-state index contributed by atoms with van der Waals surface area (Å²) in [6.07, 6.45) is 1.28. The molecule has 2 aromatic carbocycles. The number of fused-ring (bicyclic) bond motifs is 1. The van der Waals surface area contributed by atoms with Gasteiger partial charge in [0.15, 0.2) is 0 Å². The maximum atomic E-state index is 12.1. The van der Waals surface area contributed by atoms with Crippen LogP contribution in [0.15, 0.2) is 48.5 Å². The number of hydrogen-bond acceptors (Lipinski definition) is 4. The van der Waals surface area contributed by atoms with Crippen LogP contribution in [0.2, 0.25) is 0 Å². The molecule has 2 aliphatic rings. The van der Waals surface area contributed by atoms with Crippen molar-refractivity contribution >= 4 is 23.5 Å². The van der Waals surface area contributed by atoms with E-state index in [-0.39, 0.29) is 43.3 Å². The van der Waals surface area contributed by atoms with Crippen molar-refractivity contribution in [2.45, 2.75) is 31.9 Å². The predicted octanol–water partition coefficient (Wildman–Crippen LogP) is 2.46. The number of nitrogens with zero attached hydrogens (tertiary/aromatic N) is 1. The lowest BCUT2D eigenvalue weighted by molar-refractivity contribution is -0.139. The molecule has 144 valence electrons. The van der Waals surface area contributed by atoms with E-state index in [0.717, 1.165) is 23.3 Å². The van der Waals surface area contributed by atoms with Gasteiger partial charge < -0.3 is 15.4 Å². The minimum atomic E-state index is -0.308. The molecule has 2 aromatic rings. The quantitative estimate of drug-likeness (QED) is 0.781. The molecule has 1 fully saturated rings. The molecule has 0 aliphatic carbocycles. The normalized spacial score (nSPS) is 18.0. The molecule has 4 rings (SSSR count). The number of ether oxygens (including phenoxy) is 1. The van der Waals surface area contributed by atoms with Crippen LogP contribution in [0.5, 0.6) is 5.75 Å². The number of carbonyl (C=O) groups is 3. The summed E-state index contributed by atoms with van der Waals surface area (Å²) in [6.45, 7) is 0.682. The second-order valence-electron chi connectivity index (χ2n) is 6.96. The van der Waals surface area contributed by atoms with Crippen molar-refractivity contribution in [3.63, 3.8) is 0 Å². The van der Waals surface area contributed by atoms with Gasteiger partial charge in [-0.3, -0.25) is 14.5 Å². The van der Waals surface area contributed by atoms with Gasteiger partial charge in [0.25, 0.3) is 0 Å². The molecule has 0 bridgehead atoms. The first kappa shape index (κ1) is 18.0. The zero-order valence-corrected chi connectivity index (χ0v) is 15.3. The van der Waals surface area contributed by atoms with Gasteiger partial charge in [-0.15, -0.1) is 0 Å². The van der Waals surface area contributed by atoms with Gasteiger partial charge in [-0.1, -0.05) is 30.3 Å². The maximum absolute atomic E-state index is 12.1. The van der Waals surface area contributed by atoms with Gasteiger partial charge in [0.05, 0.1) is 13.1 Å². The van der Waals surface area contributed by atoms with E-state index in [4.69, 9.17) is 4.74 Å². The van der Waals surface area contributed by atoms with Crippen molar-refractivity contribution in [3.05, 3.63) is 59.7 Å². The minimum Gasteiger partial charge on any atom is -0.488 e. The summed E-state index contributed by atoms with van der Waals surface area (Å²) >= 11 is 0. The number of benzene rings is 2. The molecule has 0 radical (unpaired) electrons. The van der Waals surface area contributed by atoms with E-state index in [1.54, 1.807) is 24.3 Å². The van der Waals surface area contributed by atoms with Crippen molar-refractivity contribution in [3.8, 4) is 5.75 Å². The van der Waals surface area contributed by atoms with Crippen LogP contribution in [0, 0.1) is 0 Å². The number of imide groups is 1. The molecule has 4 amide bonds. The van der Waals surface area contributed by atoms with Crippen LogP contribution >= 0.6 is 0 Å². The van der Waals surface area contributed by atoms with Crippen LogP contribution in [0.3, 0.4) is 0 Å². The van der Waals surface area contributed by atoms with Crippen molar-refractivity contribution < 1.29 is 19.1 Å². The van der Waals surface area contributed by atoms with Crippen LogP contribution in [-0.4, -0.2) is 35.4 Å². The van der Waals surface area contributed by atoms with E-state index in [2.05, 4.69) is 10.6 Å². The van der Waals surface area contributed by atoms with E-state index in [0.29, 0.717) is 12.2 Å². The fourth-order valence-corrected chi connectivity index (χ4v) is 3.42. The highest BCUT2D eigenvalue weighted by Crippen LogP contribution is 2.27. The number of likely N-dealkylation sites (tertiary alicyclic amines) is 1. The lowest BCUT2D eigenvalue weighted by Gasteiger charge is -2.15. The zero-order valence-electron chi connectivity index (χ0n) is 15.3. The van der Waals surface area contributed by atoms with Gasteiger partial charge in [0.1, 0.15) is 11.9 Å². The van der Waals surface area contributed by atoms with Crippen LogP contribution in [0.1, 0.15) is 24.0 Å². The molecule has 2 aliphatic heterocycles. The number of rotatable bonds is 5. The number of urea groups is 1. The molecule has 0 saturated carbocycles. The van der Waals surface area contributed by atoms with Crippen LogP contribution in [0.4, 0.5) is 10.5 Å². The molecule has 7 nitrogen and oxygen atoms in total. The summed E-state index contributed by atoms with van der Waals surface area (Å²) < 4.78 is 5.80. The Balaban J connectivity index is 1.25. The summed E-state index contributed by atoms with van der Waals surface area (Å²) in [5.41, 5.74) is 2.63. The summed E-state index contributed by atoms with van der Waals surface area (Å²) in [5, 5.41) is 5.59. The molecular weight excluding hydrogens is 358 g/mol. The number of anilines is 1. The molecule has 0 aromatic heterocycles. The van der Waals surface area contributed by atoms with Gasteiger partial charge in [0, 0.05) is 24.9 Å². The molecule has 1 atom stereocenters. The molecule has 0 spiro atoms. The zero-order chi connectivity index (χ0) is 19.5. The summed E-state index contributed by atoms with van der Waals surface area (Å²) in [7, 11) is 0. The Hall–Kier alpha value is -3.35. The number of carbonyl (C=O) groups excluding carboxylic acids is 3. The fourth-order valence-electron chi connectivity index (χ4n) is 3.42. The van der Waals surface area contributed by atoms with Crippen molar-refractivity contribution in [1.82, 2.24) is 10.2 Å². The van der Waals surface area contributed by atoms with E-state index < -0.39 is 0 Å². The highest BCUT2D eigenvalue weighted by atomic mass is 16.5. The highest BCUT2D eigenvalue weighted by molar-refractivity contribution is 6.01. The number of nitrogens with one attached hydrogen (secondary N) is 2. The van der Waals surface area contributed by atoms with Crippen molar-refractivity contribution in [2.75, 3.05) is 11.9 Å². The van der Waals surface area contributed by atoms with Crippen molar-refractivity contribution in [2.24, 2.45) is 0 Å². The average molecular weight is 379 g/mol. The van der Waals surface area contributed by atoms with E-state index >= 15 is 0 Å². The lowest BCUT2D eigenvalue weighted by Crippen LogP contribution is -2.37. The number of hydrogen-bond donors (Lipinski definition) is 2. The summed E-state index contributed by atoms with van der Waals surface area (Å²) in [5.74, 6) is 0.603. The van der Waals surface area contributed by atoms with Gasteiger partial charge in [-0.25, -0.2) is 4.79 Å². The Bertz CT molecular complexity index is 869. The third-order valence-electron chi connectivity index (χ3n) is 4.91. The Morgan fingerprint density at radius 3 is 2.46 bits per heavy atom. The topological polar surface area (TPSA) is 87.7 Å². The third-order valence-corrected chi connectivity index (χ3v) is 4.91. The third kappa shape index (κ3) is 3.98. The average Bonchev–Trinajstić information content (AvgIpc) is 3.25. The van der Waals surface area contributed by atoms with Gasteiger partial charge in [-0.2, -0.15) is 0 Å². The minimum absolute atomic E-state index is 0.0685. The predicted molar refractivity (Wildman–Crippen MR) is 103 cm³/mol. The second kappa shape index (κ2) is 7.72. The molecule has 1 unspecified atom stereocenters. The summed E-state index contributed by atoms with van der Waals surface area (Å²) in [4.78, 5) is 36.8. The van der Waals surface area contributed by atoms with Crippen LogP contribution in [0.25, 0.3) is 0 Å². The van der Waals surface area contributed by atoms with Gasteiger partial charge in [0.2, 0.25) is 11.8 Å². The first-order valence-electron chi connectivity index (χ1n) is 9.30. The van der Waals surface area contributed by atoms with Gasteiger partial charge in [-0.05, 0) is 29.3 Å². The van der Waals surface area contributed by atoms with Gasteiger partial charge >= 0.3 is 6.03 Å². The Labute approximate surface area is 162 Å². The molecule has 7 heteroatoms. The van der Waals surface area contributed by atoms with Crippen LogP contribution in [-0.2, 0) is 22.6 Å². The largest absolute Gasteiger partial charge is 0.488 e. The first-order chi connectivity index (χ1) is 13.6. The smallest absolute Gasteiger partial charge is 0.319 e. The molecular formula is C21H21N3O4. The standard InChI is InChI=1S/C21H21N3O4/c25-19-9-10-20(26)24(19)13-14-5-7-16(8-6-14)23-21(27)22-12-17-11-15-3-1-2-4-18(15)28-17/h1-8,17H,9-13H2,(H2,22,23,27). The monoisotopic (exact) mass is 379 g/mol. The Morgan fingerprint density at radius 1 is 1.04 bits per heavy atom. The number of amides is 4. The highest BCUT2D eigenvalue weighted by Gasteiger charge is 2.28. The molecule has 2 heterocycles. The SMILES string of the molecule is O=C(NCC1Cc2ccccc2O1)Nc1ccc(CN2C(=O)CCC2=O)cc1. The first-order valence-corrected chi connectivity index (χ1v) is 9.30. The Kier molecular flexibility index (Phi) is 4.97. The van der Waals surface area contributed by atoms with Crippen LogP contribution < -0.4 is 15.4 Å². The Morgan fingerprint density at radius 2 is 1.75 bits per heavy atom. The molecule has 1 saturated heterocycles. The van der Waals surface area contributed by atoms with E-state index in [1.165, 1.54) is 4.90 Å². The van der Waals surface area contributed by atoms with Crippen molar-refractivity contribution in [1.29, 1.82) is 0 Å². The fraction of sp³-hybridized carbons (Fsp3) is 0.286.